The SMILES string of the molecule is O=c1nc2nc[nH+]c3c2=c1cnc1cccc(c1)occccc(=O)n1ccn3CC1. The van der Waals surface area contributed by atoms with Crippen LogP contribution in [0.15, 0.2) is 87.7 Å². The Morgan fingerprint density at radius 2 is 1.84 bits per heavy atom. The van der Waals surface area contributed by atoms with Crippen molar-refractivity contribution < 1.29 is 9.40 Å². The van der Waals surface area contributed by atoms with Crippen LogP contribution >= 0.6 is 0 Å². The Morgan fingerprint density at radius 1 is 0.968 bits per heavy atom. The van der Waals surface area contributed by atoms with Crippen LogP contribution in [0.4, 0.5) is 0 Å². The van der Waals surface area contributed by atoms with Crippen LogP contribution in [0.3, 0.4) is 0 Å². The molecule has 2 aromatic rings. The molecule has 0 unspecified atom stereocenters. The minimum Gasteiger partial charge on any atom is -0.465 e. The molecule has 0 amide bonds. The quantitative estimate of drug-likeness (QED) is 0.432. The topological polar surface area (TPSA) is 110 Å². The molecule has 31 heavy (non-hydrogen) atoms. The summed E-state index contributed by atoms with van der Waals surface area (Å²) in [6.07, 6.45) is 7.97. The Labute approximate surface area is 174 Å². The molecule has 0 saturated carbocycles. The van der Waals surface area contributed by atoms with Gasteiger partial charge in [-0.1, -0.05) is 17.1 Å². The lowest BCUT2D eigenvalue weighted by molar-refractivity contribution is -0.356. The van der Waals surface area contributed by atoms with Crippen LogP contribution in [0.1, 0.15) is 0 Å². The van der Waals surface area contributed by atoms with Gasteiger partial charge in [0.05, 0.1) is 36.3 Å². The highest BCUT2D eigenvalue weighted by Crippen LogP contribution is 2.07. The molecule has 1 aromatic heterocycles. The molecule has 1 aromatic carbocycles. The summed E-state index contributed by atoms with van der Waals surface area (Å²) in [5.41, 5.74) is 1.66. The highest BCUT2D eigenvalue weighted by atomic mass is 16.3. The number of hydrogen-bond donors (Lipinski definition) is 0. The van der Waals surface area contributed by atoms with Crippen molar-refractivity contribution in [2.45, 2.75) is 13.1 Å². The number of aromatic nitrogens is 6. The lowest BCUT2D eigenvalue weighted by Gasteiger charge is -2.09. The minimum atomic E-state index is -0.403. The maximum atomic E-state index is 12.6. The highest BCUT2D eigenvalue weighted by molar-refractivity contribution is 5.57. The molecule has 0 atom stereocenters. The van der Waals surface area contributed by atoms with Crippen molar-refractivity contribution in [1.29, 1.82) is 0 Å². The van der Waals surface area contributed by atoms with Gasteiger partial charge in [0.1, 0.15) is 10.8 Å². The monoisotopic (exact) mass is 413 g/mol. The number of aromatic amines is 1. The van der Waals surface area contributed by atoms with Gasteiger partial charge in [-0.2, -0.15) is 4.98 Å². The van der Waals surface area contributed by atoms with E-state index in [9.17, 15) is 9.59 Å². The summed E-state index contributed by atoms with van der Waals surface area (Å²) in [6.45, 7) is 1.01. The normalized spacial score (nSPS) is 11.9. The molecule has 4 bridgehead atoms. The molecule has 0 spiro atoms. The molecular weight excluding hydrogens is 396 g/mol. The fraction of sp³-hybridized carbons (Fsp3) is 0.0909. The van der Waals surface area contributed by atoms with Gasteiger partial charge >= 0.3 is 0 Å². The first kappa shape index (κ1) is 18.6. The van der Waals surface area contributed by atoms with Crippen LogP contribution in [-0.4, -0.2) is 24.1 Å². The molecular formula is C22H17N6O3+. The van der Waals surface area contributed by atoms with E-state index in [1.807, 2.05) is 4.57 Å². The van der Waals surface area contributed by atoms with Gasteiger partial charge < -0.3 is 8.98 Å². The van der Waals surface area contributed by atoms with E-state index in [0.29, 0.717) is 45.9 Å². The average molecular weight is 413 g/mol. The van der Waals surface area contributed by atoms with Crippen LogP contribution in [0, 0.1) is 10.4 Å². The van der Waals surface area contributed by atoms with Gasteiger partial charge in [0, 0.05) is 24.5 Å². The summed E-state index contributed by atoms with van der Waals surface area (Å²) in [6, 6.07) is 11.9. The lowest BCUT2D eigenvalue weighted by atomic mass is 10.3. The van der Waals surface area contributed by atoms with Gasteiger partial charge in [-0.25, -0.2) is 4.98 Å². The van der Waals surface area contributed by atoms with Crippen molar-refractivity contribution in [3.63, 3.8) is 0 Å². The van der Waals surface area contributed by atoms with Crippen LogP contribution in [-0.2, 0) is 13.1 Å². The van der Waals surface area contributed by atoms with Crippen LogP contribution < -0.4 is 16.1 Å². The zero-order valence-corrected chi connectivity index (χ0v) is 16.3. The van der Waals surface area contributed by atoms with E-state index in [4.69, 9.17) is 4.42 Å². The Kier molecular flexibility index (Phi) is 4.68. The van der Waals surface area contributed by atoms with E-state index in [1.54, 1.807) is 53.4 Å². The maximum absolute atomic E-state index is 12.6. The number of aryl methyl sites for hydroxylation is 2. The zero-order valence-electron chi connectivity index (χ0n) is 16.3. The van der Waals surface area contributed by atoms with Gasteiger partial charge in [-0.05, 0) is 18.2 Å². The van der Waals surface area contributed by atoms with Crippen molar-refractivity contribution in [3.05, 3.63) is 105 Å². The first-order valence-corrected chi connectivity index (χ1v) is 9.63. The van der Waals surface area contributed by atoms with E-state index >= 15 is 0 Å². The molecule has 6 rings (SSSR count). The Balaban J connectivity index is 1.97. The summed E-state index contributed by atoms with van der Waals surface area (Å²) in [7, 11) is 0. The number of fused-ring (bicyclic) bond motifs is 8. The van der Waals surface area contributed by atoms with E-state index in [1.165, 1.54) is 24.9 Å². The smallest absolute Gasteiger partial charge is 0.282 e. The van der Waals surface area contributed by atoms with Crippen LogP contribution in [0.5, 0.6) is 0 Å². The number of nitrogens with zero attached hydrogens (tertiary/aromatic N) is 5. The second kappa shape index (κ2) is 7.79. The van der Waals surface area contributed by atoms with Gasteiger partial charge in [0.25, 0.3) is 11.1 Å². The molecule has 0 fully saturated rings. The Morgan fingerprint density at radius 3 is 2.71 bits per heavy atom. The summed E-state index contributed by atoms with van der Waals surface area (Å²) < 4.78 is 9.10. The largest absolute Gasteiger partial charge is 0.465 e. The first-order valence-electron chi connectivity index (χ1n) is 9.63. The summed E-state index contributed by atoms with van der Waals surface area (Å²) >= 11 is 0. The van der Waals surface area contributed by atoms with Crippen molar-refractivity contribution in [3.8, 4) is 0 Å². The van der Waals surface area contributed by atoms with Gasteiger partial charge in [-0.15, -0.1) is 0 Å². The molecule has 4 aliphatic rings. The van der Waals surface area contributed by atoms with Gasteiger partial charge in [-0.3, -0.25) is 19.1 Å². The Bertz CT molecular complexity index is 1650. The van der Waals surface area contributed by atoms with Crippen molar-refractivity contribution in [1.82, 2.24) is 24.1 Å². The van der Waals surface area contributed by atoms with E-state index < -0.39 is 5.56 Å². The van der Waals surface area contributed by atoms with E-state index in [-0.39, 0.29) is 5.56 Å². The molecule has 4 aliphatic heterocycles. The predicted octanol–water partition coefficient (Wildman–Crippen LogP) is 1.46. The number of benzene rings is 1. The zero-order chi connectivity index (χ0) is 21.2. The van der Waals surface area contributed by atoms with Crippen molar-refractivity contribution >= 4 is 22.4 Å². The second-order valence-corrected chi connectivity index (χ2v) is 6.86. The van der Waals surface area contributed by atoms with Crippen LogP contribution in [0.25, 0.3) is 22.4 Å². The first-order chi connectivity index (χ1) is 15.2. The summed E-state index contributed by atoms with van der Waals surface area (Å²) in [5, 5.41) is 0.925. The molecule has 5 heterocycles. The molecule has 0 aliphatic carbocycles. The van der Waals surface area contributed by atoms with E-state index in [2.05, 4.69) is 19.9 Å². The third kappa shape index (κ3) is 3.64. The van der Waals surface area contributed by atoms with Crippen molar-refractivity contribution in [2.75, 3.05) is 0 Å². The lowest BCUT2D eigenvalue weighted by Crippen LogP contribution is -2.24. The number of nitrogens with one attached hydrogen (secondary N) is 1. The maximum Gasteiger partial charge on any atom is 0.282 e. The predicted molar refractivity (Wildman–Crippen MR) is 112 cm³/mol. The standard InChI is InChI=1S/C22H16N6O3/c29-18-6-1-2-11-31-16-5-3-4-15(12-16)23-13-17-19-20(26-22(17)30)24-14-25-21(19)28-9-7-27(18)8-10-28/h1-7,9,11-14H,8,10H2/p+1. The molecule has 152 valence electrons. The van der Waals surface area contributed by atoms with Gasteiger partial charge in [0.15, 0.2) is 0 Å². The van der Waals surface area contributed by atoms with Crippen LogP contribution in [0.2, 0.25) is 0 Å². The molecule has 9 heteroatoms. The Hall–Kier alpha value is -4.40. The number of H-pyrrole nitrogens is 1. The summed E-state index contributed by atoms with van der Waals surface area (Å²) in [4.78, 5) is 40.8. The fourth-order valence-electron chi connectivity index (χ4n) is 3.41. The molecule has 1 N–H and O–H groups in total. The van der Waals surface area contributed by atoms with Crippen molar-refractivity contribution in [2.24, 2.45) is 0 Å². The van der Waals surface area contributed by atoms with Gasteiger partial charge in [0.2, 0.25) is 17.6 Å². The average Bonchev–Trinajstić information content (AvgIpc) is 3.12. The third-order valence-electron chi connectivity index (χ3n) is 4.93. The van der Waals surface area contributed by atoms with E-state index in [0.717, 1.165) is 0 Å². The third-order valence-corrected chi connectivity index (χ3v) is 4.93. The minimum absolute atomic E-state index is 0.142. The fourth-order valence-corrected chi connectivity index (χ4v) is 3.41. The molecule has 0 saturated heterocycles. The molecule has 0 radical (unpaired) electrons. The molecule has 9 nitrogen and oxygen atoms in total. The number of hydrogen-bond acceptors (Lipinski definition) is 6. The number of rotatable bonds is 0. The second-order valence-electron chi connectivity index (χ2n) is 6.86. The summed E-state index contributed by atoms with van der Waals surface area (Å²) in [5.74, 6) is 0. The highest BCUT2D eigenvalue weighted by Gasteiger charge is 2.14.